The van der Waals surface area contributed by atoms with E-state index < -0.39 is 10.0 Å². The molecule has 1 aromatic heterocycles. The number of carbonyl (C=O) groups excluding carboxylic acids is 1. The molecule has 0 aliphatic carbocycles. The third-order valence-electron chi connectivity index (χ3n) is 6.53. The van der Waals surface area contributed by atoms with Crippen molar-refractivity contribution in [3.05, 3.63) is 102 Å². The molecule has 1 aliphatic heterocycles. The molecule has 0 saturated carbocycles. The number of amides is 1. The monoisotopic (exact) mass is 545 g/mol. The van der Waals surface area contributed by atoms with Crippen molar-refractivity contribution >= 4 is 21.7 Å². The number of carbonyl (C=O) groups is 1. The molecule has 5 rings (SSSR count). The molecule has 1 saturated heterocycles. The van der Waals surface area contributed by atoms with Gasteiger partial charge in [0.25, 0.3) is 0 Å². The SMILES string of the molecule is CS(=O)(=O)Nc1cnn(C(=O)N2CCN(Cc3ccc(-c4ccccc4)cc3OCc3ccccc3)CC2)c1. The van der Waals surface area contributed by atoms with Crippen LogP contribution in [0.1, 0.15) is 11.1 Å². The Morgan fingerprint density at radius 1 is 0.923 bits per heavy atom. The van der Waals surface area contributed by atoms with Crippen LogP contribution in [0.2, 0.25) is 0 Å². The summed E-state index contributed by atoms with van der Waals surface area (Å²) in [4.78, 5) is 16.9. The highest BCUT2D eigenvalue weighted by Gasteiger charge is 2.24. The summed E-state index contributed by atoms with van der Waals surface area (Å²) in [7, 11) is -3.44. The lowest BCUT2D eigenvalue weighted by Gasteiger charge is -2.34. The second-order valence-electron chi connectivity index (χ2n) is 9.56. The zero-order valence-electron chi connectivity index (χ0n) is 21.7. The maximum absolute atomic E-state index is 12.9. The summed E-state index contributed by atoms with van der Waals surface area (Å²) in [5, 5.41) is 4.02. The van der Waals surface area contributed by atoms with Gasteiger partial charge in [0.2, 0.25) is 10.0 Å². The third kappa shape index (κ3) is 7.04. The van der Waals surface area contributed by atoms with E-state index in [2.05, 4.69) is 57.2 Å². The Balaban J connectivity index is 1.25. The van der Waals surface area contributed by atoms with Crippen LogP contribution in [0.25, 0.3) is 11.1 Å². The molecule has 202 valence electrons. The van der Waals surface area contributed by atoms with Gasteiger partial charge in [-0.1, -0.05) is 72.8 Å². The van der Waals surface area contributed by atoms with Crippen molar-refractivity contribution in [1.29, 1.82) is 0 Å². The number of benzene rings is 3. The van der Waals surface area contributed by atoms with E-state index in [9.17, 15) is 13.2 Å². The van der Waals surface area contributed by atoms with Gasteiger partial charge in [0, 0.05) is 38.3 Å². The van der Waals surface area contributed by atoms with E-state index in [4.69, 9.17) is 4.74 Å². The summed E-state index contributed by atoms with van der Waals surface area (Å²) >= 11 is 0. The molecule has 0 spiro atoms. The number of rotatable bonds is 8. The van der Waals surface area contributed by atoms with Crippen molar-refractivity contribution in [3.8, 4) is 16.9 Å². The predicted molar refractivity (Wildman–Crippen MR) is 151 cm³/mol. The Bertz CT molecular complexity index is 1520. The Hall–Kier alpha value is -4.15. The van der Waals surface area contributed by atoms with Crippen LogP contribution in [0.4, 0.5) is 10.5 Å². The zero-order chi connectivity index (χ0) is 27.2. The second-order valence-corrected chi connectivity index (χ2v) is 11.3. The van der Waals surface area contributed by atoms with Crippen LogP contribution < -0.4 is 9.46 Å². The smallest absolute Gasteiger partial charge is 0.344 e. The number of hydrogen-bond donors (Lipinski definition) is 1. The first-order chi connectivity index (χ1) is 18.8. The molecule has 10 heteroatoms. The summed E-state index contributed by atoms with van der Waals surface area (Å²) in [6.07, 6.45) is 3.77. The molecule has 0 bridgehead atoms. The Kier molecular flexibility index (Phi) is 7.94. The summed E-state index contributed by atoms with van der Waals surface area (Å²) in [5.41, 5.74) is 4.69. The minimum atomic E-state index is -3.44. The molecule has 0 unspecified atom stereocenters. The summed E-state index contributed by atoms with van der Waals surface area (Å²) < 4.78 is 32.7. The minimum Gasteiger partial charge on any atom is -0.489 e. The van der Waals surface area contributed by atoms with Crippen LogP contribution >= 0.6 is 0 Å². The molecule has 39 heavy (non-hydrogen) atoms. The van der Waals surface area contributed by atoms with E-state index in [0.29, 0.717) is 39.3 Å². The fourth-order valence-corrected chi connectivity index (χ4v) is 5.08. The van der Waals surface area contributed by atoms with E-state index in [1.807, 2.05) is 36.4 Å². The fraction of sp³-hybridized carbons (Fsp3) is 0.241. The molecule has 1 N–H and O–H groups in total. The number of sulfonamides is 1. The number of ether oxygens (including phenoxy) is 1. The van der Waals surface area contributed by atoms with Gasteiger partial charge in [0.1, 0.15) is 12.4 Å². The Morgan fingerprint density at radius 2 is 1.62 bits per heavy atom. The van der Waals surface area contributed by atoms with Crippen LogP contribution in [0.15, 0.2) is 91.3 Å². The highest BCUT2D eigenvalue weighted by atomic mass is 32.2. The van der Waals surface area contributed by atoms with Crippen molar-refractivity contribution in [2.24, 2.45) is 0 Å². The number of aromatic nitrogens is 2. The molecule has 0 atom stereocenters. The zero-order valence-corrected chi connectivity index (χ0v) is 22.5. The standard InChI is InChI=1S/C29H31N5O4S/c1-39(36,37)31-27-19-30-34(21-27)29(35)33-16-14-32(15-17-33)20-26-13-12-25(24-10-6-3-7-11-24)18-28(26)38-22-23-8-4-2-5-9-23/h2-13,18-19,21,31H,14-17,20,22H2,1H3. The fourth-order valence-electron chi connectivity index (χ4n) is 4.54. The van der Waals surface area contributed by atoms with Crippen LogP contribution in [0.3, 0.4) is 0 Å². The number of nitrogens with one attached hydrogen (secondary N) is 1. The molecule has 1 amide bonds. The van der Waals surface area contributed by atoms with Gasteiger partial charge in [-0.25, -0.2) is 13.2 Å². The van der Waals surface area contributed by atoms with Gasteiger partial charge in [-0.3, -0.25) is 9.62 Å². The van der Waals surface area contributed by atoms with Crippen molar-refractivity contribution in [3.63, 3.8) is 0 Å². The lowest BCUT2D eigenvalue weighted by molar-refractivity contribution is 0.133. The molecular formula is C29H31N5O4S. The predicted octanol–water partition coefficient (Wildman–Crippen LogP) is 4.29. The normalized spacial score (nSPS) is 14.2. The molecule has 2 heterocycles. The van der Waals surface area contributed by atoms with Gasteiger partial charge in [0.05, 0.1) is 24.3 Å². The number of anilines is 1. The molecular weight excluding hydrogens is 514 g/mol. The van der Waals surface area contributed by atoms with Crippen LogP contribution in [0, 0.1) is 0 Å². The Morgan fingerprint density at radius 3 is 2.31 bits per heavy atom. The first kappa shape index (κ1) is 26.5. The van der Waals surface area contributed by atoms with Crippen molar-refractivity contribution in [2.75, 3.05) is 37.2 Å². The van der Waals surface area contributed by atoms with Crippen molar-refractivity contribution in [1.82, 2.24) is 19.6 Å². The van der Waals surface area contributed by atoms with Crippen LogP contribution in [0.5, 0.6) is 5.75 Å². The summed E-state index contributed by atoms with van der Waals surface area (Å²) in [6, 6.07) is 26.4. The Labute approximate surface area is 228 Å². The van der Waals surface area contributed by atoms with Crippen LogP contribution in [-0.4, -0.2) is 66.5 Å². The van der Waals surface area contributed by atoms with Crippen molar-refractivity contribution in [2.45, 2.75) is 13.2 Å². The van der Waals surface area contributed by atoms with E-state index in [-0.39, 0.29) is 11.7 Å². The van der Waals surface area contributed by atoms with E-state index in [1.54, 1.807) is 4.90 Å². The van der Waals surface area contributed by atoms with Crippen molar-refractivity contribution < 1.29 is 17.9 Å². The highest BCUT2D eigenvalue weighted by Crippen LogP contribution is 2.29. The van der Waals surface area contributed by atoms with Gasteiger partial charge in [-0.15, -0.1) is 0 Å². The first-order valence-corrected chi connectivity index (χ1v) is 14.6. The largest absolute Gasteiger partial charge is 0.489 e. The third-order valence-corrected chi connectivity index (χ3v) is 7.14. The summed E-state index contributed by atoms with van der Waals surface area (Å²) in [5.74, 6) is 0.848. The van der Waals surface area contributed by atoms with Gasteiger partial charge < -0.3 is 9.64 Å². The van der Waals surface area contributed by atoms with E-state index in [0.717, 1.165) is 34.3 Å². The highest BCUT2D eigenvalue weighted by molar-refractivity contribution is 7.92. The van der Waals surface area contributed by atoms with Gasteiger partial charge in [0.15, 0.2) is 0 Å². The van der Waals surface area contributed by atoms with Crippen LogP contribution in [-0.2, 0) is 23.2 Å². The minimum absolute atomic E-state index is 0.256. The topological polar surface area (TPSA) is 96.8 Å². The molecule has 3 aromatic carbocycles. The summed E-state index contributed by atoms with van der Waals surface area (Å²) in [6.45, 7) is 3.64. The lowest BCUT2D eigenvalue weighted by atomic mass is 10.0. The molecule has 0 radical (unpaired) electrons. The molecule has 1 aliphatic rings. The van der Waals surface area contributed by atoms with E-state index >= 15 is 0 Å². The average Bonchev–Trinajstić information content (AvgIpc) is 3.40. The van der Waals surface area contributed by atoms with Gasteiger partial charge in [-0.2, -0.15) is 9.78 Å². The van der Waals surface area contributed by atoms with E-state index in [1.165, 1.54) is 17.1 Å². The van der Waals surface area contributed by atoms with Gasteiger partial charge in [-0.05, 0) is 22.8 Å². The molecule has 4 aromatic rings. The number of piperazine rings is 1. The maximum atomic E-state index is 12.9. The second kappa shape index (κ2) is 11.7. The number of hydrogen-bond acceptors (Lipinski definition) is 6. The van der Waals surface area contributed by atoms with Gasteiger partial charge >= 0.3 is 6.03 Å². The number of nitrogens with zero attached hydrogens (tertiary/aromatic N) is 4. The quantitative estimate of drug-likeness (QED) is 0.355. The first-order valence-electron chi connectivity index (χ1n) is 12.7. The average molecular weight is 546 g/mol. The maximum Gasteiger partial charge on any atom is 0.344 e. The lowest BCUT2D eigenvalue weighted by Crippen LogP contribution is -2.49. The molecule has 9 nitrogen and oxygen atoms in total. The molecule has 1 fully saturated rings.